The van der Waals surface area contributed by atoms with Gasteiger partial charge in [-0.2, -0.15) is 0 Å². The van der Waals surface area contributed by atoms with Gasteiger partial charge in [-0.25, -0.2) is 0 Å². The number of hydrogen-bond acceptors (Lipinski definition) is 12. The van der Waals surface area contributed by atoms with E-state index in [1.165, 1.54) is 32.4 Å². The number of hydrogen-bond donors (Lipinski definition) is 6. The molecule has 0 radical (unpaired) electrons. The van der Waals surface area contributed by atoms with Crippen molar-refractivity contribution in [2.45, 2.75) is 30.7 Å². The van der Waals surface area contributed by atoms with Crippen molar-refractivity contribution in [1.29, 1.82) is 0 Å². The Hall–Kier alpha value is -3.55. The van der Waals surface area contributed by atoms with Crippen molar-refractivity contribution in [3.8, 4) is 40.1 Å². The van der Waals surface area contributed by atoms with Crippen LogP contribution in [-0.4, -0.2) is 82.2 Å². The Morgan fingerprint density at radius 2 is 1.69 bits per heavy atom. The molecule has 1 aliphatic heterocycles. The largest absolute Gasteiger partial charge is 0.504 e. The van der Waals surface area contributed by atoms with Crippen molar-refractivity contribution in [3.05, 3.63) is 40.6 Å². The fourth-order valence-corrected chi connectivity index (χ4v) is 3.82. The second-order valence-corrected chi connectivity index (χ2v) is 7.81. The van der Waals surface area contributed by atoms with Crippen LogP contribution >= 0.6 is 0 Å². The molecule has 12 nitrogen and oxygen atoms in total. The molecule has 3 aromatic rings. The monoisotopic (exact) mass is 492 g/mol. The summed E-state index contributed by atoms with van der Waals surface area (Å²) in [6.07, 6.45) is -7.83. The third-order valence-corrected chi connectivity index (χ3v) is 5.67. The minimum Gasteiger partial charge on any atom is -0.504 e. The first-order valence-electron chi connectivity index (χ1n) is 10.4. The lowest BCUT2D eigenvalue weighted by Gasteiger charge is -2.39. The maximum atomic E-state index is 12.8. The van der Waals surface area contributed by atoms with Crippen LogP contribution in [0.3, 0.4) is 0 Å². The predicted octanol–water partition coefficient (Wildman–Crippen LogP) is 0.0671. The maximum Gasteiger partial charge on any atom is 0.229 e. The van der Waals surface area contributed by atoms with Gasteiger partial charge in [0, 0.05) is 17.7 Å². The number of rotatable bonds is 6. The molecular formula is C23H24O12. The molecule has 0 amide bonds. The van der Waals surface area contributed by atoms with E-state index < -0.39 is 48.5 Å². The SMILES string of the molecule is COc1ccc(-c2cc(=O)c3c(O)c(OC)c(O[C@@H]4OC(CO)[C@@H](O)[C@H](O)C4O)cc3o2)cc1O. The molecule has 12 heteroatoms. The molecule has 188 valence electrons. The highest BCUT2D eigenvalue weighted by molar-refractivity contribution is 5.89. The predicted molar refractivity (Wildman–Crippen MR) is 119 cm³/mol. The summed E-state index contributed by atoms with van der Waals surface area (Å²) < 4.78 is 26.9. The molecule has 1 fully saturated rings. The van der Waals surface area contributed by atoms with Gasteiger partial charge in [0.05, 0.1) is 20.8 Å². The molecule has 2 heterocycles. The van der Waals surface area contributed by atoms with Crippen LogP contribution in [0, 0.1) is 0 Å². The number of phenols is 2. The van der Waals surface area contributed by atoms with E-state index in [2.05, 4.69) is 0 Å². The maximum absolute atomic E-state index is 12.8. The van der Waals surface area contributed by atoms with Crippen LogP contribution in [0.5, 0.6) is 28.7 Å². The van der Waals surface area contributed by atoms with Crippen molar-refractivity contribution in [3.63, 3.8) is 0 Å². The Morgan fingerprint density at radius 3 is 2.31 bits per heavy atom. The summed E-state index contributed by atoms with van der Waals surface area (Å²) in [5, 5.41) is 60.2. The fraction of sp³-hybridized carbons (Fsp3) is 0.348. The van der Waals surface area contributed by atoms with Gasteiger partial charge in [0.15, 0.2) is 28.4 Å². The molecule has 0 aliphatic carbocycles. The number of aliphatic hydroxyl groups is 4. The van der Waals surface area contributed by atoms with Gasteiger partial charge >= 0.3 is 0 Å². The van der Waals surface area contributed by atoms with E-state index in [4.69, 9.17) is 23.4 Å². The van der Waals surface area contributed by atoms with E-state index in [1.807, 2.05) is 0 Å². The minimum atomic E-state index is -1.73. The van der Waals surface area contributed by atoms with Crippen molar-refractivity contribution in [1.82, 2.24) is 0 Å². The Morgan fingerprint density at radius 1 is 0.943 bits per heavy atom. The van der Waals surface area contributed by atoms with Gasteiger partial charge in [0.1, 0.15) is 41.1 Å². The van der Waals surface area contributed by atoms with Gasteiger partial charge < -0.3 is 54.0 Å². The van der Waals surface area contributed by atoms with Crippen LogP contribution in [0.4, 0.5) is 0 Å². The van der Waals surface area contributed by atoms with Crippen molar-refractivity contribution >= 4 is 11.0 Å². The highest BCUT2D eigenvalue weighted by Crippen LogP contribution is 2.43. The first kappa shape index (κ1) is 24.6. The Kier molecular flexibility index (Phi) is 6.74. The van der Waals surface area contributed by atoms with E-state index in [0.29, 0.717) is 5.56 Å². The lowest BCUT2D eigenvalue weighted by atomic mass is 9.99. The van der Waals surface area contributed by atoms with Crippen LogP contribution in [0.1, 0.15) is 0 Å². The fourth-order valence-electron chi connectivity index (χ4n) is 3.82. The number of phenolic OH excluding ortho intramolecular Hbond substituents is 2. The van der Waals surface area contributed by atoms with Crippen LogP contribution in [0.25, 0.3) is 22.3 Å². The molecule has 0 saturated carbocycles. The zero-order valence-electron chi connectivity index (χ0n) is 18.6. The Balaban J connectivity index is 1.80. The molecule has 2 unspecified atom stereocenters. The minimum absolute atomic E-state index is 0.0591. The zero-order valence-corrected chi connectivity index (χ0v) is 18.6. The first-order chi connectivity index (χ1) is 16.7. The molecule has 1 saturated heterocycles. The topological polar surface area (TPSA) is 189 Å². The van der Waals surface area contributed by atoms with Gasteiger partial charge in [0.25, 0.3) is 0 Å². The summed E-state index contributed by atoms with van der Waals surface area (Å²) in [6.45, 7) is -0.669. The lowest BCUT2D eigenvalue weighted by molar-refractivity contribution is -0.277. The summed E-state index contributed by atoms with van der Waals surface area (Å²) in [5.41, 5.74) is -0.401. The van der Waals surface area contributed by atoms with Gasteiger partial charge in [-0.3, -0.25) is 4.79 Å². The number of ether oxygens (including phenoxy) is 4. The standard InChI is InChI=1S/C23H24O12/c1-31-12-4-3-9(5-10(12)25)13-6-11(26)17-14(33-13)7-15(22(32-2)19(17)28)34-23-21(30)20(29)18(27)16(8-24)35-23/h3-7,16,18,20-21,23-25,27-30H,8H2,1-2H3/t16?,18-,20+,21?,23-/m1/s1. The summed E-state index contributed by atoms with van der Waals surface area (Å²) in [4.78, 5) is 12.8. The van der Waals surface area contributed by atoms with Gasteiger partial charge in [0.2, 0.25) is 12.0 Å². The average molecular weight is 492 g/mol. The molecule has 6 N–H and O–H groups in total. The third kappa shape index (κ3) is 4.33. The number of benzene rings is 2. The molecule has 1 aromatic heterocycles. The molecule has 2 aromatic carbocycles. The normalized spacial score (nSPS) is 24.3. The Bertz CT molecular complexity index is 1280. The number of aliphatic hydroxyl groups excluding tert-OH is 4. The van der Waals surface area contributed by atoms with Gasteiger partial charge in [-0.15, -0.1) is 0 Å². The molecule has 35 heavy (non-hydrogen) atoms. The summed E-state index contributed by atoms with van der Waals surface area (Å²) in [5.74, 6) is -1.02. The molecule has 1 aliphatic rings. The average Bonchev–Trinajstić information content (AvgIpc) is 2.84. The van der Waals surface area contributed by atoms with E-state index in [9.17, 15) is 35.4 Å². The zero-order chi connectivity index (χ0) is 25.4. The second-order valence-electron chi connectivity index (χ2n) is 7.81. The van der Waals surface area contributed by atoms with E-state index in [0.717, 1.165) is 6.07 Å². The lowest BCUT2D eigenvalue weighted by Crippen LogP contribution is -2.60. The van der Waals surface area contributed by atoms with Crippen molar-refractivity contribution in [2.24, 2.45) is 0 Å². The van der Waals surface area contributed by atoms with E-state index in [-0.39, 0.29) is 39.7 Å². The molecule has 4 rings (SSSR count). The van der Waals surface area contributed by atoms with E-state index >= 15 is 0 Å². The Labute approximate surface area is 197 Å². The third-order valence-electron chi connectivity index (χ3n) is 5.67. The smallest absolute Gasteiger partial charge is 0.229 e. The van der Waals surface area contributed by atoms with Crippen molar-refractivity contribution < 1.29 is 54.0 Å². The molecular weight excluding hydrogens is 468 g/mol. The summed E-state index contributed by atoms with van der Waals surface area (Å²) in [7, 11) is 2.59. The summed E-state index contributed by atoms with van der Waals surface area (Å²) in [6, 6.07) is 6.70. The van der Waals surface area contributed by atoms with Crippen LogP contribution in [0.2, 0.25) is 0 Å². The quantitative estimate of drug-likeness (QED) is 0.272. The van der Waals surface area contributed by atoms with Gasteiger partial charge in [-0.1, -0.05) is 0 Å². The molecule has 0 spiro atoms. The molecule has 5 atom stereocenters. The van der Waals surface area contributed by atoms with Crippen LogP contribution in [0.15, 0.2) is 39.5 Å². The van der Waals surface area contributed by atoms with E-state index in [1.54, 1.807) is 6.07 Å². The first-order valence-corrected chi connectivity index (χ1v) is 10.4. The molecule has 0 bridgehead atoms. The van der Waals surface area contributed by atoms with Gasteiger partial charge in [-0.05, 0) is 18.2 Å². The summed E-state index contributed by atoms with van der Waals surface area (Å²) >= 11 is 0. The van der Waals surface area contributed by atoms with Crippen LogP contribution in [-0.2, 0) is 4.74 Å². The highest BCUT2D eigenvalue weighted by Gasteiger charge is 2.45. The number of methoxy groups -OCH3 is 2. The second kappa shape index (κ2) is 9.60. The number of aromatic hydroxyl groups is 2. The van der Waals surface area contributed by atoms with Crippen molar-refractivity contribution in [2.75, 3.05) is 20.8 Å². The number of fused-ring (bicyclic) bond motifs is 1. The highest BCUT2D eigenvalue weighted by atomic mass is 16.7. The van der Waals surface area contributed by atoms with Crippen LogP contribution < -0.4 is 19.6 Å².